The van der Waals surface area contributed by atoms with Crippen LogP contribution in [0.2, 0.25) is 5.02 Å². The number of hydrogen-bond donors (Lipinski definition) is 2. The molecule has 3 rings (SSSR count). The molecule has 3 aromatic rings. The van der Waals surface area contributed by atoms with Crippen LogP contribution in [-0.2, 0) is 0 Å². The number of carbonyl (C=O) groups is 1. The standard InChI is InChI=1S/C24H22ClN3O3/c1-4-16-6-5-7-19(12-16)28-24(31)20(23(30)26-22(14-29)15(2)3)13-21(27-28)17-8-10-18(25)11-9-17/h1,5-13,15,22,29H,14H2,2-3H3,(H,26,30)/t22-/m1/s1. The van der Waals surface area contributed by atoms with E-state index >= 15 is 0 Å². The zero-order chi connectivity index (χ0) is 22.5. The van der Waals surface area contributed by atoms with E-state index in [1.165, 1.54) is 6.07 Å². The molecule has 0 aliphatic carbocycles. The van der Waals surface area contributed by atoms with Gasteiger partial charge in [-0.15, -0.1) is 6.42 Å². The molecule has 158 valence electrons. The Labute approximate surface area is 185 Å². The topological polar surface area (TPSA) is 84.2 Å². The van der Waals surface area contributed by atoms with Gasteiger partial charge in [0.25, 0.3) is 11.5 Å². The molecule has 0 aliphatic heterocycles. The van der Waals surface area contributed by atoms with E-state index in [9.17, 15) is 14.7 Å². The van der Waals surface area contributed by atoms with Crippen LogP contribution in [0.3, 0.4) is 0 Å². The monoisotopic (exact) mass is 435 g/mol. The summed E-state index contributed by atoms with van der Waals surface area (Å²) in [5.41, 5.74) is 1.43. The highest BCUT2D eigenvalue weighted by Gasteiger charge is 2.21. The van der Waals surface area contributed by atoms with E-state index in [1.807, 2.05) is 13.8 Å². The maximum absolute atomic E-state index is 13.2. The number of rotatable bonds is 6. The average molecular weight is 436 g/mol. The molecule has 0 saturated heterocycles. The molecule has 0 radical (unpaired) electrons. The first-order valence-corrected chi connectivity index (χ1v) is 10.1. The molecule has 6 nitrogen and oxygen atoms in total. The Balaban J connectivity index is 2.18. The van der Waals surface area contributed by atoms with Gasteiger partial charge in [0.1, 0.15) is 5.56 Å². The summed E-state index contributed by atoms with van der Waals surface area (Å²) in [6.07, 6.45) is 5.49. The molecule has 2 N–H and O–H groups in total. The number of aliphatic hydroxyl groups is 1. The largest absolute Gasteiger partial charge is 0.394 e. The summed E-state index contributed by atoms with van der Waals surface area (Å²) in [6, 6.07) is 14.6. The van der Waals surface area contributed by atoms with Gasteiger partial charge in [-0.3, -0.25) is 9.59 Å². The fourth-order valence-electron chi connectivity index (χ4n) is 2.99. The first-order valence-electron chi connectivity index (χ1n) is 9.73. The van der Waals surface area contributed by atoms with Gasteiger partial charge in [-0.05, 0) is 42.3 Å². The minimum absolute atomic E-state index is 0.0129. The molecule has 0 spiro atoms. The maximum Gasteiger partial charge on any atom is 0.284 e. The van der Waals surface area contributed by atoms with E-state index in [1.54, 1.807) is 48.5 Å². The van der Waals surface area contributed by atoms with Gasteiger partial charge in [-0.2, -0.15) is 9.78 Å². The molecule has 2 aromatic carbocycles. The molecule has 1 amide bonds. The molecular weight excluding hydrogens is 414 g/mol. The van der Waals surface area contributed by atoms with Crippen LogP contribution in [0, 0.1) is 18.3 Å². The lowest BCUT2D eigenvalue weighted by molar-refractivity contribution is 0.0894. The third kappa shape index (κ3) is 5.02. The highest BCUT2D eigenvalue weighted by molar-refractivity contribution is 6.30. The predicted octanol–water partition coefficient (Wildman–Crippen LogP) is 3.28. The van der Waals surface area contributed by atoms with Gasteiger partial charge in [0.05, 0.1) is 24.0 Å². The fourth-order valence-corrected chi connectivity index (χ4v) is 3.12. The number of benzene rings is 2. The molecule has 7 heteroatoms. The molecule has 0 aliphatic rings. The molecule has 0 saturated carbocycles. The summed E-state index contributed by atoms with van der Waals surface area (Å²) in [5.74, 6) is 1.93. The summed E-state index contributed by atoms with van der Waals surface area (Å²) in [7, 11) is 0. The second-order valence-electron chi connectivity index (χ2n) is 7.37. The Hall–Kier alpha value is -3.40. The number of amides is 1. The van der Waals surface area contributed by atoms with Gasteiger partial charge in [0, 0.05) is 16.1 Å². The highest BCUT2D eigenvalue weighted by atomic mass is 35.5. The lowest BCUT2D eigenvalue weighted by Crippen LogP contribution is -2.43. The van der Waals surface area contributed by atoms with Crippen LogP contribution in [-0.4, -0.2) is 33.4 Å². The van der Waals surface area contributed by atoms with Crippen LogP contribution in [0.25, 0.3) is 16.9 Å². The Bertz CT molecular complexity index is 1190. The van der Waals surface area contributed by atoms with Crippen molar-refractivity contribution in [3.05, 3.63) is 81.1 Å². The smallest absolute Gasteiger partial charge is 0.284 e. The summed E-state index contributed by atoms with van der Waals surface area (Å²) < 4.78 is 1.16. The van der Waals surface area contributed by atoms with Gasteiger partial charge in [0.15, 0.2) is 0 Å². The van der Waals surface area contributed by atoms with Crippen molar-refractivity contribution in [3.8, 4) is 29.3 Å². The molecule has 31 heavy (non-hydrogen) atoms. The Kier molecular flexibility index (Phi) is 6.91. The average Bonchev–Trinajstić information content (AvgIpc) is 2.77. The van der Waals surface area contributed by atoms with Crippen LogP contribution in [0.4, 0.5) is 0 Å². The summed E-state index contributed by atoms with van der Waals surface area (Å²) in [4.78, 5) is 26.2. The van der Waals surface area contributed by atoms with E-state index in [4.69, 9.17) is 18.0 Å². The third-order valence-electron chi connectivity index (χ3n) is 4.87. The first kappa shape index (κ1) is 22.3. The Morgan fingerprint density at radius 3 is 2.55 bits per heavy atom. The summed E-state index contributed by atoms with van der Waals surface area (Å²) in [6.45, 7) is 3.50. The van der Waals surface area contributed by atoms with Crippen molar-refractivity contribution < 1.29 is 9.90 Å². The van der Waals surface area contributed by atoms with Crippen LogP contribution < -0.4 is 10.9 Å². The van der Waals surface area contributed by atoms with E-state index in [2.05, 4.69) is 16.3 Å². The lowest BCUT2D eigenvalue weighted by atomic mass is 10.0. The zero-order valence-electron chi connectivity index (χ0n) is 17.2. The minimum Gasteiger partial charge on any atom is -0.394 e. The molecule has 1 aromatic heterocycles. The van der Waals surface area contributed by atoms with Crippen LogP contribution in [0.5, 0.6) is 0 Å². The number of halogens is 1. The molecule has 0 fully saturated rings. The van der Waals surface area contributed by atoms with E-state index < -0.39 is 17.5 Å². The molecular formula is C24H22ClN3O3. The van der Waals surface area contributed by atoms with Gasteiger partial charge >= 0.3 is 0 Å². The van der Waals surface area contributed by atoms with Crippen molar-refractivity contribution in [3.63, 3.8) is 0 Å². The second kappa shape index (κ2) is 9.61. The van der Waals surface area contributed by atoms with E-state index in [0.717, 1.165) is 4.68 Å². The van der Waals surface area contributed by atoms with Crippen LogP contribution in [0.15, 0.2) is 59.4 Å². The first-order chi connectivity index (χ1) is 14.8. The van der Waals surface area contributed by atoms with Gasteiger partial charge in [0.2, 0.25) is 0 Å². The van der Waals surface area contributed by atoms with E-state index in [-0.39, 0.29) is 18.1 Å². The Morgan fingerprint density at radius 1 is 1.23 bits per heavy atom. The summed E-state index contributed by atoms with van der Waals surface area (Å²) >= 11 is 5.99. The van der Waals surface area contributed by atoms with Crippen LogP contribution >= 0.6 is 11.6 Å². The summed E-state index contributed by atoms with van der Waals surface area (Å²) in [5, 5.41) is 17.3. The molecule has 0 unspecified atom stereocenters. The number of aromatic nitrogens is 2. The zero-order valence-corrected chi connectivity index (χ0v) is 17.9. The van der Waals surface area contributed by atoms with Crippen molar-refractivity contribution >= 4 is 17.5 Å². The molecule has 1 heterocycles. The Morgan fingerprint density at radius 2 is 1.94 bits per heavy atom. The van der Waals surface area contributed by atoms with Crippen molar-refractivity contribution in [2.24, 2.45) is 5.92 Å². The van der Waals surface area contributed by atoms with Crippen molar-refractivity contribution in [1.29, 1.82) is 0 Å². The number of aliphatic hydroxyl groups excluding tert-OH is 1. The maximum atomic E-state index is 13.2. The third-order valence-corrected chi connectivity index (χ3v) is 5.12. The molecule has 1 atom stereocenters. The van der Waals surface area contributed by atoms with Gasteiger partial charge in [-0.25, -0.2) is 0 Å². The van der Waals surface area contributed by atoms with Gasteiger partial charge < -0.3 is 10.4 Å². The predicted molar refractivity (Wildman–Crippen MR) is 121 cm³/mol. The number of nitrogens with one attached hydrogen (secondary N) is 1. The second-order valence-corrected chi connectivity index (χ2v) is 7.80. The SMILES string of the molecule is C#Cc1cccc(-n2nc(-c3ccc(Cl)cc3)cc(C(=O)N[C@H](CO)C(C)C)c2=O)c1. The fraction of sp³-hybridized carbons (Fsp3) is 0.208. The van der Waals surface area contributed by atoms with E-state index in [0.29, 0.717) is 27.5 Å². The quantitative estimate of drug-likeness (QED) is 0.582. The minimum atomic E-state index is -0.593. The van der Waals surface area contributed by atoms with Crippen molar-refractivity contribution in [2.75, 3.05) is 6.61 Å². The number of carbonyl (C=O) groups excluding carboxylic acids is 1. The lowest BCUT2D eigenvalue weighted by Gasteiger charge is -2.20. The van der Waals surface area contributed by atoms with Crippen LogP contribution in [0.1, 0.15) is 29.8 Å². The number of nitrogens with zero attached hydrogens (tertiary/aromatic N) is 2. The number of terminal acetylenes is 1. The molecule has 0 bridgehead atoms. The van der Waals surface area contributed by atoms with Crippen molar-refractivity contribution in [1.82, 2.24) is 15.1 Å². The van der Waals surface area contributed by atoms with Gasteiger partial charge in [-0.1, -0.05) is 49.6 Å². The number of hydrogen-bond acceptors (Lipinski definition) is 4. The van der Waals surface area contributed by atoms with Crippen molar-refractivity contribution in [2.45, 2.75) is 19.9 Å². The normalized spacial score (nSPS) is 11.7. The highest BCUT2D eigenvalue weighted by Crippen LogP contribution is 2.20.